The summed E-state index contributed by atoms with van der Waals surface area (Å²) in [7, 11) is 0. The summed E-state index contributed by atoms with van der Waals surface area (Å²) in [6.45, 7) is 10.9. The van der Waals surface area contributed by atoms with Crippen molar-refractivity contribution in [1.29, 1.82) is 0 Å². The SMILES string of the molecule is C=CCOC[C@@H](O)CN(CCC)CC(=O)N1CCc2sccc2[C@@H]1COc1ccc(C)cc1. The summed E-state index contributed by atoms with van der Waals surface area (Å²) >= 11 is 1.75. The molecule has 2 heterocycles. The van der Waals surface area contributed by atoms with Gasteiger partial charge in [-0.3, -0.25) is 9.69 Å². The Balaban J connectivity index is 1.66. The Kier molecular flexibility index (Phi) is 9.94. The molecule has 0 bridgehead atoms. The third kappa shape index (κ3) is 7.40. The molecule has 1 aliphatic heterocycles. The second-order valence-corrected chi connectivity index (χ2v) is 9.49. The van der Waals surface area contributed by atoms with E-state index in [4.69, 9.17) is 9.47 Å². The lowest BCUT2D eigenvalue weighted by Crippen LogP contribution is -2.48. The molecule has 1 aromatic heterocycles. The van der Waals surface area contributed by atoms with Crippen molar-refractivity contribution < 1.29 is 19.4 Å². The topological polar surface area (TPSA) is 62.2 Å². The number of benzene rings is 1. The van der Waals surface area contributed by atoms with Gasteiger partial charge < -0.3 is 19.5 Å². The highest BCUT2D eigenvalue weighted by Gasteiger charge is 2.33. The van der Waals surface area contributed by atoms with E-state index < -0.39 is 6.10 Å². The Bertz CT molecular complexity index is 883. The summed E-state index contributed by atoms with van der Waals surface area (Å²) in [5.41, 5.74) is 2.37. The van der Waals surface area contributed by atoms with E-state index in [-0.39, 0.29) is 25.1 Å². The van der Waals surface area contributed by atoms with Gasteiger partial charge in [0.05, 0.1) is 31.9 Å². The quantitative estimate of drug-likeness (QED) is 0.355. The fourth-order valence-electron chi connectivity index (χ4n) is 4.16. The molecule has 2 atom stereocenters. The van der Waals surface area contributed by atoms with Gasteiger partial charge in [0.25, 0.3) is 0 Å². The normalized spacial score (nSPS) is 16.5. The lowest BCUT2D eigenvalue weighted by atomic mass is 10.0. The van der Waals surface area contributed by atoms with E-state index >= 15 is 0 Å². The maximum atomic E-state index is 13.4. The van der Waals surface area contributed by atoms with Gasteiger partial charge in [0.1, 0.15) is 12.4 Å². The number of hydrogen-bond acceptors (Lipinski definition) is 6. The number of carbonyl (C=O) groups is 1. The molecule has 0 saturated carbocycles. The fraction of sp³-hybridized carbons (Fsp3) is 0.500. The number of ether oxygens (including phenoxy) is 2. The molecule has 1 aliphatic rings. The second-order valence-electron chi connectivity index (χ2n) is 8.49. The molecule has 0 aliphatic carbocycles. The number of thiophene rings is 1. The van der Waals surface area contributed by atoms with Gasteiger partial charge in [0.2, 0.25) is 5.91 Å². The van der Waals surface area contributed by atoms with E-state index in [1.807, 2.05) is 41.0 Å². The van der Waals surface area contributed by atoms with Crippen molar-refractivity contribution in [3.8, 4) is 5.75 Å². The number of aliphatic hydroxyl groups is 1. The number of rotatable bonds is 13. The minimum Gasteiger partial charge on any atom is -0.491 e. The number of nitrogens with zero attached hydrogens (tertiary/aromatic N) is 2. The van der Waals surface area contributed by atoms with Gasteiger partial charge in [-0.1, -0.05) is 30.7 Å². The van der Waals surface area contributed by atoms with Gasteiger partial charge >= 0.3 is 0 Å². The second kappa shape index (κ2) is 12.9. The van der Waals surface area contributed by atoms with Crippen LogP contribution in [0.5, 0.6) is 5.75 Å². The third-order valence-corrected chi connectivity index (χ3v) is 6.75. The van der Waals surface area contributed by atoms with E-state index in [1.54, 1.807) is 17.4 Å². The Morgan fingerprint density at radius 1 is 1.36 bits per heavy atom. The summed E-state index contributed by atoms with van der Waals surface area (Å²) in [6, 6.07) is 10.0. The molecule has 1 N–H and O–H groups in total. The van der Waals surface area contributed by atoms with Crippen LogP contribution in [-0.4, -0.2) is 72.9 Å². The van der Waals surface area contributed by atoms with Crippen LogP contribution in [-0.2, 0) is 16.0 Å². The summed E-state index contributed by atoms with van der Waals surface area (Å²) in [5, 5.41) is 12.4. The van der Waals surface area contributed by atoms with Crippen LogP contribution in [0.1, 0.15) is 35.4 Å². The molecule has 0 saturated heterocycles. The molecule has 33 heavy (non-hydrogen) atoms. The van der Waals surface area contributed by atoms with Gasteiger partial charge in [-0.2, -0.15) is 0 Å². The van der Waals surface area contributed by atoms with Crippen LogP contribution < -0.4 is 4.74 Å². The maximum Gasteiger partial charge on any atom is 0.237 e. The van der Waals surface area contributed by atoms with Crippen LogP contribution in [0.3, 0.4) is 0 Å². The van der Waals surface area contributed by atoms with E-state index in [0.29, 0.717) is 26.3 Å². The highest BCUT2D eigenvalue weighted by molar-refractivity contribution is 7.10. The zero-order valence-electron chi connectivity index (χ0n) is 19.7. The molecule has 180 valence electrons. The molecule has 0 radical (unpaired) electrons. The van der Waals surface area contributed by atoms with Crippen LogP contribution in [0.15, 0.2) is 48.4 Å². The first kappa shape index (κ1) is 25.4. The highest BCUT2D eigenvalue weighted by Crippen LogP contribution is 2.34. The minimum absolute atomic E-state index is 0.0667. The smallest absolute Gasteiger partial charge is 0.237 e. The van der Waals surface area contributed by atoms with Crippen molar-refractivity contribution in [2.75, 3.05) is 46.0 Å². The van der Waals surface area contributed by atoms with E-state index in [1.165, 1.54) is 16.0 Å². The Hall–Kier alpha value is -2.19. The van der Waals surface area contributed by atoms with Crippen LogP contribution >= 0.6 is 11.3 Å². The van der Waals surface area contributed by atoms with Crippen molar-refractivity contribution in [3.63, 3.8) is 0 Å². The van der Waals surface area contributed by atoms with Crippen molar-refractivity contribution in [3.05, 3.63) is 64.4 Å². The monoisotopic (exact) mass is 472 g/mol. The standard InChI is InChI=1S/C26H36N2O4S/c1-4-12-27(16-21(29)18-31-14-5-2)17-26(30)28-13-10-25-23(11-15-33-25)24(28)19-32-22-8-6-20(3)7-9-22/h5-9,11,15,21,24,29H,2,4,10,12-14,16-19H2,1,3H3/t21-,24-/m0/s1. The first-order chi connectivity index (χ1) is 16.0. The van der Waals surface area contributed by atoms with Crippen molar-refractivity contribution in [2.45, 2.75) is 38.8 Å². The predicted octanol–water partition coefficient (Wildman–Crippen LogP) is 3.84. The molecule has 3 rings (SSSR count). The average molecular weight is 473 g/mol. The minimum atomic E-state index is -0.644. The van der Waals surface area contributed by atoms with Crippen molar-refractivity contribution in [2.24, 2.45) is 0 Å². The van der Waals surface area contributed by atoms with Crippen LogP contribution in [0.4, 0.5) is 0 Å². The molecule has 1 aromatic carbocycles. The highest BCUT2D eigenvalue weighted by atomic mass is 32.1. The Morgan fingerprint density at radius 2 is 2.15 bits per heavy atom. The lowest BCUT2D eigenvalue weighted by molar-refractivity contribution is -0.136. The lowest BCUT2D eigenvalue weighted by Gasteiger charge is -2.37. The molecule has 2 aromatic rings. The molecule has 7 heteroatoms. The summed E-state index contributed by atoms with van der Waals surface area (Å²) in [5.74, 6) is 0.877. The van der Waals surface area contributed by atoms with Crippen molar-refractivity contribution in [1.82, 2.24) is 9.80 Å². The number of carbonyl (C=O) groups excluding carboxylic acids is 1. The number of hydrogen-bond donors (Lipinski definition) is 1. The number of aryl methyl sites for hydroxylation is 1. The molecule has 6 nitrogen and oxygen atoms in total. The zero-order chi connectivity index (χ0) is 23.6. The summed E-state index contributed by atoms with van der Waals surface area (Å²) in [4.78, 5) is 18.7. The fourth-order valence-corrected chi connectivity index (χ4v) is 5.08. The van der Waals surface area contributed by atoms with Gasteiger partial charge in [0, 0.05) is 18.0 Å². The maximum absolute atomic E-state index is 13.4. The van der Waals surface area contributed by atoms with Gasteiger partial charge in [0.15, 0.2) is 0 Å². The number of amides is 1. The zero-order valence-corrected chi connectivity index (χ0v) is 20.6. The number of aliphatic hydroxyl groups excluding tert-OH is 1. The average Bonchev–Trinajstić information content (AvgIpc) is 3.28. The molecule has 1 amide bonds. The first-order valence-corrected chi connectivity index (χ1v) is 12.5. The molecule has 0 unspecified atom stereocenters. The van der Waals surface area contributed by atoms with Gasteiger partial charge in [-0.15, -0.1) is 17.9 Å². The number of fused-ring (bicyclic) bond motifs is 1. The van der Waals surface area contributed by atoms with Crippen LogP contribution in [0.2, 0.25) is 0 Å². The Morgan fingerprint density at radius 3 is 2.88 bits per heavy atom. The van der Waals surface area contributed by atoms with Crippen molar-refractivity contribution >= 4 is 17.2 Å². The van der Waals surface area contributed by atoms with Gasteiger partial charge in [-0.05, 0) is 55.5 Å². The summed E-state index contributed by atoms with van der Waals surface area (Å²) in [6.07, 6.45) is 2.79. The van der Waals surface area contributed by atoms with E-state index in [9.17, 15) is 9.90 Å². The predicted molar refractivity (Wildman–Crippen MR) is 133 cm³/mol. The molecular weight excluding hydrogens is 436 g/mol. The van der Waals surface area contributed by atoms with Crippen LogP contribution in [0, 0.1) is 6.92 Å². The van der Waals surface area contributed by atoms with E-state index in [0.717, 1.165) is 25.1 Å². The largest absolute Gasteiger partial charge is 0.491 e. The van der Waals surface area contributed by atoms with E-state index in [2.05, 4.69) is 24.9 Å². The molecule has 0 fully saturated rings. The Labute approximate surface area is 201 Å². The van der Waals surface area contributed by atoms with Gasteiger partial charge in [-0.25, -0.2) is 0 Å². The third-order valence-electron chi connectivity index (χ3n) is 5.76. The first-order valence-electron chi connectivity index (χ1n) is 11.7. The molecule has 0 spiro atoms. The molecular formula is C26H36N2O4S. The van der Waals surface area contributed by atoms with Crippen LogP contribution in [0.25, 0.3) is 0 Å². The summed E-state index contributed by atoms with van der Waals surface area (Å²) < 4.78 is 11.5.